The highest BCUT2D eigenvalue weighted by Gasteiger charge is 2.24. The number of benzene rings is 2. The Balaban J connectivity index is 1.50. The Morgan fingerprint density at radius 3 is 2.27 bits per heavy atom. The molecule has 30 heavy (non-hydrogen) atoms. The number of anilines is 1. The fraction of sp³-hybridized carbons (Fsp3) is 0.217. The standard InChI is InChI=1S/C23H24N4O3/c1-29-19-9-11-20(12-10-19)30-23-21(8-5-13-24-23)22(25-28)27-16-14-26(15-17-27)18-6-3-2-4-7-18/h2-13,28H,14-17H2,1H3/b25-22-. The van der Waals surface area contributed by atoms with Crippen molar-refractivity contribution < 1.29 is 14.7 Å². The molecule has 0 spiro atoms. The van der Waals surface area contributed by atoms with Crippen LogP contribution in [0.4, 0.5) is 5.69 Å². The maximum Gasteiger partial charge on any atom is 0.230 e. The molecule has 7 nitrogen and oxygen atoms in total. The fourth-order valence-corrected chi connectivity index (χ4v) is 3.50. The fourth-order valence-electron chi connectivity index (χ4n) is 3.50. The third-order valence-corrected chi connectivity index (χ3v) is 5.08. The highest BCUT2D eigenvalue weighted by Crippen LogP contribution is 2.27. The molecule has 0 radical (unpaired) electrons. The highest BCUT2D eigenvalue weighted by atomic mass is 16.5. The van der Waals surface area contributed by atoms with Gasteiger partial charge in [-0.3, -0.25) is 0 Å². The van der Waals surface area contributed by atoms with Crippen LogP contribution in [0.1, 0.15) is 5.56 Å². The van der Waals surface area contributed by atoms with Crippen molar-refractivity contribution in [3.8, 4) is 17.4 Å². The van der Waals surface area contributed by atoms with Crippen molar-refractivity contribution in [1.82, 2.24) is 9.88 Å². The summed E-state index contributed by atoms with van der Waals surface area (Å²) in [5.41, 5.74) is 1.84. The summed E-state index contributed by atoms with van der Waals surface area (Å²) in [7, 11) is 1.62. The molecule has 0 atom stereocenters. The first kappa shape index (κ1) is 19.6. The van der Waals surface area contributed by atoms with Crippen molar-refractivity contribution >= 4 is 11.5 Å². The normalized spacial score (nSPS) is 14.5. The molecule has 3 aromatic rings. The van der Waals surface area contributed by atoms with E-state index in [9.17, 15) is 5.21 Å². The molecule has 0 unspecified atom stereocenters. The van der Waals surface area contributed by atoms with Gasteiger partial charge in [0.15, 0.2) is 5.84 Å². The molecule has 154 valence electrons. The van der Waals surface area contributed by atoms with Gasteiger partial charge in [-0.05, 0) is 48.5 Å². The van der Waals surface area contributed by atoms with Gasteiger partial charge in [0.1, 0.15) is 11.5 Å². The zero-order chi connectivity index (χ0) is 20.8. The van der Waals surface area contributed by atoms with E-state index in [1.165, 1.54) is 5.69 Å². The number of aromatic nitrogens is 1. The molecule has 1 N–H and O–H groups in total. The highest BCUT2D eigenvalue weighted by molar-refractivity contribution is 6.00. The molecule has 0 bridgehead atoms. The maximum absolute atomic E-state index is 9.81. The smallest absolute Gasteiger partial charge is 0.230 e. The number of pyridine rings is 1. The molecule has 2 heterocycles. The van der Waals surface area contributed by atoms with Crippen molar-refractivity contribution in [3.63, 3.8) is 0 Å². The van der Waals surface area contributed by atoms with Crippen molar-refractivity contribution in [2.45, 2.75) is 0 Å². The van der Waals surface area contributed by atoms with E-state index in [2.05, 4.69) is 32.1 Å². The largest absolute Gasteiger partial charge is 0.497 e. The van der Waals surface area contributed by atoms with Gasteiger partial charge in [-0.15, -0.1) is 0 Å². The van der Waals surface area contributed by atoms with Crippen molar-refractivity contribution in [3.05, 3.63) is 78.5 Å². The van der Waals surface area contributed by atoms with E-state index in [0.717, 1.165) is 31.9 Å². The number of piperazine rings is 1. The zero-order valence-electron chi connectivity index (χ0n) is 16.8. The van der Waals surface area contributed by atoms with Gasteiger partial charge in [0.25, 0.3) is 0 Å². The number of hydrogen-bond acceptors (Lipinski definition) is 6. The number of para-hydroxylation sites is 1. The Morgan fingerprint density at radius 2 is 1.60 bits per heavy atom. The number of rotatable bonds is 5. The summed E-state index contributed by atoms with van der Waals surface area (Å²) in [6.07, 6.45) is 1.66. The first-order valence-corrected chi connectivity index (χ1v) is 9.83. The van der Waals surface area contributed by atoms with Crippen LogP contribution in [0.3, 0.4) is 0 Å². The van der Waals surface area contributed by atoms with Gasteiger partial charge in [-0.25, -0.2) is 4.98 Å². The van der Waals surface area contributed by atoms with Crippen LogP contribution in [0.15, 0.2) is 78.1 Å². The van der Waals surface area contributed by atoms with Crippen LogP contribution >= 0.6 is 0 Å². The van der Waals surface area contributed by atoms with Crippen LogP contribution < -0.4 is 14.4 Å². The predicted molar refractivity (Wildman–Crippen MR) is 116 cm³/mol. The molecule has 1 aliphatic heterocycles. The van der Waals surface area contributed by atoms with Gasteiger partial charge in [-0.1, -0.05) is 23.4 Å². The van der Waals surface area contributed by atoms with E-state index in [4.69, 9.17) is 9.47 Å². The summed E-state index contributed by atoms with van der Waals surface area (Å²) in [5.74, 6) is 2.22. The summed E-state index contributed by atoms with van der Waals surface area (Å²) in [6.45, 7) is 3.12. The Bertz CT molecular complexity index is 985. The summed E-state index contributed by atoms with van der Waals surface area (Å²) < 4.78 is 11.2. The molecule has 0 aliphatic carbocycles. The van der Waals surface area contributed by atoms with Gasteiger partial charge in [-0.2, -0.15) is 0 Å². The molecule has 0 amide bonds. The minimum absolute atomic E-state index is 0.390. The lowest BCUT2D eigenvalue weighted by atomic mass is 10.2. The Kier molecular flexibility index (Phi) is 5.98. The van der Waals surface area contributed by atoms with Crippen molar-refractivity contribution in [2.75, 3.05) is 38.2 Å². The van der Waals surface area contributed by atoms with Gasteiger partial charge in [0, 0.05) is 38.1 Å². The third kappa shape index (κ3) is 4.30. The minimum atomic E-state index is 0.390. The maximum atomic E-state index is 9.81. The van der Waals surface area contributed by atoms with E-state index in [1.807, 2.05) is 54.6 Å². The van der Waals surface area contributed by atoms with Gasteiger partial charge in [0.2, 0.25) is 5.88 Å². The zero-order valence-corrected chi connectivity index (χ0v) is 16.8. The Hall–Kier alpha value is -3.74. The van der Waals surface area contributed by atoms with Crippen molar-refractivity contribution in [2.24, 2.45) is 5.16 Å². The molecular weight excluding hydrogens is 380 g/mol. The van der Waals surface area contributed by atoms with Gasteiger partial charge in [0.05, 0.1) is 12.7 Å². The second kappa shape index (κ2) is 9.17. The molecule has 1 fully saturated rings. The van der Waals surface area contributed by atoms with Crippen LogP contribution in [-0.4, -0.2) is 54.2 Å². The lowest BCUT2D eigenvalue weighted by molar-refractivity contribution is 0.295. The topological polar surface area (TPSA) is 70.4 Å². The number of methoxy groups -OCH3 is 1. The Labute approximate surface area is 175 Å². The second-order valence-electron chi connectivity index (χ2n) is 6.87. The average molecular weight is 404 g/mol. The van der Waals surface area contributed by atoms with E-state index in [1.54, 1.807) is 13.3 Å². The third-order valence-electron chi connectivity index (χ3n) is 5.08. The van der Waals surface area contributed by atoms with Crippen LogP contribution in [0.25, 0.3) is 0 Å². The molecule has 7 heteroatoms. The van der Waals surface area contributed by atoms with Crippen LogP contribution in [0, 0.1) is 0 Å². The number of amidine groups is 1. The number of ether oxygens (including phenoxy) is 2. The number of oxime groups is 1. The molecule has 1 saturated heterocycles. The summed E-state index contributed by atoms with van der Waals surface area (Å²) in [6, 6.07) is 21.2. The van der Waals surface area contributed by atoms with E-state index < -0.39 is 0 Å². The van der Waals surface area contributed by atoms with Gasteiger partial charge >= 0.3 is 0 Å². The van der Waals surface area contributed by atoms with E-state index >= 15 is 0 Å². The monoisotopic (exact) mass is 404 g/mol. The lowest BCUT2D eigenvalue weighted by Crippen LogP contribution is -2.49. The van der Waals surface area contributed by atoms with Crippen LogP contribution in [0.5, 0.6) is 17.4 Å². The van der Waals surface area contributed by atoms with Crippen LogP contribution in [-0.2, 0) is 0 Å². The van der Waals surface area contributed by atoms with E-state index in [-0.39, 0.29) is 0 Å². The average Bonchev–Trinajstić information content (AvgIpc) is 2.82. The predicted octanol–water partition coefficient (Wildman–Crippen LogP) is 3.84. The molecular formula is C23H24N4O3. The Morgan fingerprint density at radius 1 is 0.900 bits per heavy atom. The SMILES string of the molecule is COc1ccc(Oc2ncccc2/C(=N/O)N2CCN(c3ccccc3)CC2)cc1. The molecule has 0 saturated carbocycles. The van der Waals surface area contributed by atoms with Crippen molar-refractivity contribution in [1.29, 1.82) is 0 Å². The molecule has 1 aliphatic rings. The summed E-state index contributed by atoms with van der Waals surface area (Å²) in [4.78, 5) is 8.74. The molecule has 2 aromatic carbocycles. The van der Waals surface area contributed by atoms with Gasteiger partial charge < -0.3 is 24.5 Å². The first-order valence-electron chi connectivity index (χ1n) is 9.83. The molecule has 1 aromatic heterocycles. The van der Waals surface area contributed by atoms with Crippen LogP contribution in [0.2, 0.25) is 0 Å². The summed E-state index contributed by atoms with van der Waals surface area (Å²) >= 11 is 0. The second-order valence-corrected chi connectivity index (χ2v) is 6.87. The summed E-state index contributed by atoms with van der Waals surface area (Å²) in [5, 5.41) is 13.4. The first-order chi connectivity index (χ1) is 14.8. The minimum Gasteiger partial charge on any atom is -0.497 e. The molecule has 4 rings (SSSR count). The quantitative estimate of drug-likeness (QED) is 0.302. The van der Waals surface area contributed by atoms with E-state index in [0.29, 0.717) is 23.0 Å². The number of hydrogen-bond donors (Lipinski definition) is 1. The number of nitrogens with zero attached hydrogens (tertiary/aromatic N) is 4. The lowest BCUT2D eigenvalue weighted by Gasteiger charge is -2.37.